The van der Waals surface area contributed by atoms with Gasteiger partial charge in [0.25, 0.3) is 15.9 Å². The van der Waals surface area contributed by atoms with Crippen LogP contribution < -0.4 is 10.0 Å². The number of sulfonamides is 2. The number of benzene rings is 1. The number of carbonyl (C=O) groups is 1. The summed E-state index contributed by atoms with van der Waals surface area (Å²) < 4.78 is 83.4. The third-order valence-corrected chi connectivity index (χ3v) is 11.3. The van der Waals surface area contributed by atoms with Gasteiger partial charge in [0.15, 0.2) is 17.5 Å². The zero-order valence-electron chi connectivity index (χ0n) is 21.2. The summed E-state index contributed by atoms with van der Waals surface area (Å²) in [5.41, 5.74) is 0.288. The van der Waals surface area contributed by atoms with E-state index in [4.69, 9.17) is 0 Å². The van der Waals surface area contributed by atoms with Crippen molar-refractivity contribution in [3.63, 3.8) is 0 Å². The number of carbonyl (C=O) groups excluding carboxylic acids is 1. The number of amides is 1. The van der Waals surface area contributed by atoms with Crippen LogP contribution in [0.3, 0.4) is 0 Å². The van der Waals surface area contributed by atoms with Crippen LogP contribution in [0.5, 0.6) is 0 Å². The van der Waals surface area contributed by atoms with Crippen molar-refractivity contribution in [3.8, 4) is 0 Å². The Hall–Kier alpha value is -2.88. The minimum absolute atomic E-state index is 0.0528. The number of anilines is 1. The molecule has 2 bridgehead atoms. The molecule has 7 rings (SSSR count). The number of fused-ring (bicyclic) bond motifs is 3. The van der Waals surface area contributed by atoms with E-state index in [2.05, 4.69) is 14.4 Å². The Morgan fingerprint density at radius 1 is 1.18 bits per heavy atom. The number of nitrogens with zero attached hydrogens (tertiary/aromatic N) is 2. The molecule has 3 N–H and O–H groups in total. The van der Waals surface area contributed by atoms with E-state index >= 15 is 0 Å². The van der Waals surface area contributed by atoms with Crippen molar-refractivity contribution in [2.45, 2.75) is 49.7 Å². The smallest absolute Gasteiger partial charge is 0.287 e. The van der Waals surface area contributed by atoms with Crippen LogP contribution in [-0.2, 0) is 37.9 Å². The van der Waals surface area contributed by atoms with Crippen molar-refractivity contribution in [1.82, 2.24) is 9.62 Å². The number of aliphatic hydroxyl groups is 1. The molecule has 1 aromatic carbocycles. The van der Waals surface area contributed by atoms with Gasteiger partial charge in [0.2, 0.25) is 10.0 Å². The third-order valence-electron chi connectivity index (χ3n) is 8.20. The fourth-order valence-corrected chi connectivity index (χ4v) is 9.55. The van der Waals surface area contributed by atoms with Crippen molar-refractivity contribution in [3.05, 3.63) is 57.7 Å². The van der Waals surface area contributed by atoms with Crippen LogP contribution in [-0.4, -0.2) is 50.9 Å². The highest BCUT2D eigenvalue weighted by Crippen LogP contribution is 2.52. The molecule has 2 aliphatic heterocycles. The normalized spacial score (nSPS) is 27.2. The summed E-state index contributed by atoms with van der Waals surface area (Å²) in [7, 11) is -7.97. The molecule has 0 saturated heterocycles. The lowest BCUT2D eigenvalue weighted by molar-refractivity contribution is -0.140. The molecule has 2 aromatic rings. The summed E-state index contributed by atoms with van der Waals surface area (Å²) in [5, 5.41) is 16.0. The second-order valence-electron chi connectivity index (χ2n) is 10.7. The van der Waals surface area contributed by atoms with Gasteiger partial charge in [-0.2, -0.15) is 8.42 Å². The van der Waals surface area contributed by atoms with Gasteiger partial charge in [-0.25, -0.2) is 21.9 Å². The maximum Gasteiger partial charge on any atom is 0.287 e. The topological polar surface area (TPSA) is 145 Å². The molecule has 2 atom stereocenters. The predicted octanol–water partition coefficient (Wildman–Crippen LogP) is 3.25. The summed E-state index contributed by atoms with van der Waals surface area (Å²) in [6.45, 7) is -0.319. The number of nitrogens with one attached hydrogen (secondary N) is 2. The molecule has 214 valence electrons. The molecule has 15 heteroatoms. The van der Waals surface area contributed by atoms with Crippen molar-refractivity contribution in [1.29, 1.82) is 0 Å². The van der Waals surface area contributed by atoms with Crippen molar-refractivity contribution < 1.29 is 35.5 Å². The van der Waals surface area contributed by atoms with Gasteiger partial charge >= 0.3 is 0 Å². The number of halogens is 2. The summed E-state index contributed by atoms with van der Waals surface area (Å²) in [6, 6.07) is 3.04. The number of amidine groups is 1. The Labute approximate surface area is 233 Å². The zero-order chi connectivity index (χ0) is 28.6. The van der Waals surface area contributed by atoms with Crippen LogP contribution in [0.15, 0.2) is 44.2 Å². The second-order valence-corrected chi connectivity index (χ2v) is 14.9. The number of rotatable bonds is 6. The van der Waals surface area contributed by atoms with Gasteiger partial charge in [-0.3, -0.25) is 4.79 Å². The van der Waals surface area contributed by atoms with E-state index in [0.717, 1.165) is 55.4 Å². The zero-order valence-corrected chi connectivity index (χ0v) is 23.7. The molecule has 1 aromatic heterocycles. The molecule has 3 heterocycles. The number of aliphatic hydroxyl groups excluding tert-OH is 1. The van der Waals surface area contributed by atoms with E-state index in [9.17, 15) is 35.5 Å². The van der Waals surface area contributed by atoms with Crippen molar-refractivity contribution in [2.24, 2.45) is 22.2 Å². The highest BCUT2D eigenvalue weighted by atomic mass is 32.2. The first-order chi connectivity index (χ1) is 18.8. The monoisotopic (exact) mass is 612 g/mol. The number of hydrogen-bond acceptors (Lipinski definition) is 8. The fourth-order valence-electron chi connectivity index (χ4n) is 6.53. The quantitative estimate of drug-likeness (QED) is 0.454. The van der Waals surface area contributed by atoms with Crippen LogP contribution in [0.25, 0.3) is 0 Å². The molecule has 1 amide bonds. The van der Waals surface area contributed by atoms with Gasteiger partial charge < -0.3 is 15.3 Å². The standard InChI is InChI=1S/C25H26F2N4O6S3/c1-39(34,35)28-9-15-11-38-24-22(15)40(36,37)30-23(29-24)19-21(32)18-13-3-5-14(6-4-13)20(18)31(25(19)33)10-12-2-7-16(26)17(27)8-12/h2,7-8,11,13-14,18,20,28,32H,3-6,9-10H2,1H3,(H,29,30). The molecule has 2 unspecified atom stereocenters. The predicted molar refractivity (Wildman–Crippen MR) is 144 cm³/mol. The molecule has 40 heavy (non-hydrogen) atoms. The second kappa shape index (κ2) is 9.60. The van der Waals surface area contributed by atoms with E-state index in [1.54, 1.807) is 0 Å². The van der Waals surface area contributed by atoms with E-state index in [0.29, 0.717) is 5.56 Å². The van der Waals surface area contributed by atoms with Gasteiger partial charge in [-0.1, -0.05) is 6.07 Å². The Morgan fingerprint density at radius 3 is 2.55 bits per heavy atom. The number of thiophene rings is 1. The molecule has 0 radical (unpaired) electrons. The highest BCUT2D eigenvalue weighted by molar-refractivity contribution is 7.91. The van der Waals surface area contributed by atoms with Crippen molar-refractivity contribution >= 4 is 48.1 Å². The summed E-state index contributed by atoms with van der Waals surface area (Å²) >= 11 is 1.00. The van der Waals surface area contributed by atoms with Crippen LogP contribution >= 0.6 is 11.3 Å². The van der Waals surface area contributed by atoms with Crippen LogP contribution in [0, 0.1) is 29.4 Å². The van der Waals surface area contributed by atoms with Gasteiger partial charge in [0, 0.05) is 30.6 Å². The van der Waals surface area contributed by atoms with E-state index in [1.807, 2.05) is 0 Å². The maximum absolute atomic E-state index is 14.0. The lowest BCUT2D eigenvalue weighted by Crippen LogP contribution is -2.60. The third kappa shape index (κ3) is 4.62. The average molecular weight is 613 g/mol. The SMILES string of the molecule is CS(=O)(=O)NCc1csc2c1S(=O)(=O)N=C(C1=C(O)C3C4CCC(CC4)C3N(Cc3ccc(F)c(F)c3)C1=O)N2. The minimum atomic E-state index is -4.38. The first kappa shape index (κ1) is 27.3. The fraction of sp³-hybridized carbons (Fsp3) is 0.440. The van der Waals surface area contributed by atoms with Gasteiger partial charge in [0.05, 0.1) is 6.26 Å². The average Bonchev–Trinajstić information content (AvgIpc) is 3.31. The molecule has 3 aliphatic carbocycles. The van der Waals surface area contributed by atoms with Gasteiger partial charge in [-0.15, -0.1) is 15.7 Å². The van der Waals surface area contributed by atoms with E-state index in [-0.39, 0.29) is 63.6 Å². The molecule has 0 spiro atoms. The lowest BCUT2D eigenvalue weighted by atomic mass is 9.59. The summed E-state index contributed by atoms with van der Waals surface area (Å²) in [6.07, 6.45) is 4.38. The molecular formula is C25H26F2N4O6S3. The first-order valence-corrected chi connectivity index (χ1v) is 16.9. The summed E-state index contributed by atoms with van der Waals surface area (Å²) in [5.74, 6) is -3.53. The van der Waals surface area contributed by atoms with Crippen molar-refractivity contribution in [2.75, 3.05) is 11.6 Å². The highest BCUT2D eigenvalue weighted by Gasteiger charge is 2.54. The van der Waals surface area contributed by atoms with E-state index < -0.39 is 43.5 Å². The Kier molecular flexibility index (Phi) is 6.55. The Balaban J connectivity index is 1.41. The Morgan fingerprint density at radius 2 is 1.88 bits per heavy atom. The Bertz CT molecular complexity index is 1690. The van der Waals surface area contributed by atoms with Crippen LogP contribution in [0.1, 0.15) is 36.8 Å². The van der Waals surface area contributed by atoms with Crippen LogP contribution in [0.2, 0.25) is 0 Å². The maximum atomic E-state index is 14.0. The molecule has 3 fully saturated rings. The number of hydrogen-bond donors (Lipinski definition) is 3. The molecule has 5 aliphatic rings. The molecule has 3 saturated carbocycles. The van der Waals surface area contributed by atoms with E-state index in [1.165, 1.54) is 16.3 Å². The summed E-state index contributed by atoms with van der Waals surface area (Å²) in [4.78, 5) is 15.3. The van der Waals surface area contributed by atoms with Gasteiger partial charge in [-0.05, 0) is 60.6 Å². The minimum Gasteiger partial charge on any atom is -0.511 e. The van der Waals surface area contributed by atoms with Crippen LogP contribution in [0.4, 0.5) is 13.8 Å². The van der Waals surface area contributed by atoms with Gasteiger partial charge in [0.1, 0.15) is 21.2 Å². The molecular weight excluding hydrogens is 586 g/mol. The first-order valence-electron chi connectivity index (χ1n) is 12.7. The lowest BCUT2D eigenvalue weighted by Gasteiger charge is -2.54. The molecule has 10 nitrogen and oxygen atoms in total. The largest absolute Gasteiger partial charge is 0.511 e.